The molecule has 0 bridgehead atoms. The van der Waals surface area contributed by atoms with E-state index in [2.05, 4.69) is 14.5 Å². The number of nitrogens with zero attached hydrogens (tertiary/aromatic N) is 3. The minimum Gasteiger partial charge on any atom is -0.476 e. The zero-order chi connectivity index (χ0) is 11.1. The number of carboxylic acid groups (broad SMARTS) is 1. The summed E-state index contributed by atoms with van der Waals surface area (Å²) in [6, 6.07) is 0.523. The van der Waals surface area contributed by atoms with Crippen LogP contribution in [-0.4, -0.2) is 25.6 Å². The minimum atomic E-state index is -0.986. The maximum atomic E-state index is 10.7. The first-order chi connectivity index (χ1) is 7.75. The molecule has 0 saturated heterocycles. The Bertz CT molecular complexity index is 542. The molecular weight excluding hydrogens is 226 g/mol. The highest BCUT2D eigenvalue weighted by Crippen LogP contribution is 2.38. The molecule has 82 valence electrons. The number of hydrogen-bond donors (Lipinski definition) is 1. The van der Waals surface area contributed by atoms with E-state index < -0.39 is 5.97 Å². The van der Waals surface area contributed by atoms with Crippen LogP contribution >= 0.6 is 11.3 Å². The molecule has 3 rings (SSSR count). The van der Waals surface area contributed by atoms with E-state index in [4.69, 9.17) is 5.11 Å². The number of rotatable bonds is 3. The zero-order valence-corrected chi connectivity index (χ0v) is 9.15. The summed E-state index contributed by atoms with van der Waals surface area (Å²) in [5.74, 6) is -0.986. The summed E-state index contributed by atoms with van der Waals surface area (Å²) >= 11 is 1.34. The smallest absolute Gasteiger partial charge is 0.355 e. The van der Waals surface area contributed by atoms with E-state index in [1.807, 2.05) is 0 Å². The third-order valence-electron chi connectivity index (χ3n) is 2.55. The third-order valence-corrected chi connectivity index (χ3v) is 3.41. The van der Waals surface area contributed by atoms with Crippen molar-refractivity contribution in [3.05, 3.63) is 23.6 Å². The SMILES string of the molecule is O=C(O)c1csc(-c2cncn2C2CC2)n1. The van der Waals surface area contributed by atoms with Crippen molar-refractivity contribution in [1.29, 1.82) is 0 Å². The van der Waals surface area contributed by atoms with E-state index in [1.54, 1.807) is 17.9 Å². The lowest BCUT2D eigenvalue weighted by molar-refractivity contribution is 0.0691. The molecule has 2 aromatic rings. The molecule has 1 saturated carbocycles. The van der Waals surface area contributed by atoms with E-state index in [1.165, 1.54) is 24.2 Å². The Balaban J connectivity index is 2.00. The van der Waals surface area contributed by atoms with Crippen LogP contribution in [-0.2, 0) is 0 Å². The van der Waals surface area contributed by atoms with Crippen molar-refractivity contribution < 1.29 is 9.90 Å². The Labute approximate surface area is 95.4 Å². The Morgan fingerprint density at radius 3 is 3.00 bits per heavy atom. The summed E-state index contributed by atoms with van der Waals surface area (Å²) in [5, 5.41) is 11.1. The monoisotopic (exact) mass is 235 g/mol. The van der Waals surface area contributed by atoms with Crippen LogP contribution in [0.2, 0.25) is 0 Å². The van der Waals surface area contributed by atoms with Gasteiger partial charge in [0, 0.05) is 11.4 Å². The maximum absolute atomic E-state index is 10.7. The fraction of sp³-hybridized carbons (Fsp3) is 0.300. The highest BCUT2D eigenvalue weighted by molar-refractivity contribution is 7.13. The van der Waals surface area contributed by atoms with Crippen LogP contribution in [0.15, 0.2) is 17.9 Å². The van der Waals surface area contributed by atoms with Gasteiger partial charge >= 0.3 is 5.97 Å². The quantitative estimate of drug-likeness (QED) is 0.883. The van der Waals surface area contributed by atoms with Gasteiger partial charge in [0.15, 0.2) is 5.69 Å². The van der Waals surface area contributed by atoms with Gasteiger partial charge in [0.1, 0.15) is 5.01 Å². The van der Waals surface area contributed by atoms with Crippen LogP contribution in [0.3, 0.4) is 0 Å². The minimum absolute atomic E-state index is 0.101. The Hall–Kier alpha value is -1.69. The van der Waals surface area contributed by atoms with Gasteiger partial charge in [-0.1, -0.05) is 0 Å². The zero-order valence-electron chi connectivity index (χ0n) is 8.33. The maximum Gasteiger partial charge on any atom is 0.355 e. The molecular formula is C10H9N3O2S. The van der Waals surface area contributed by atoms with Gasteiger partial charge in [0.2, 0.25) is 0 Å². The number of carboxylic acids is 1. The summed E-state index contributed by atoms with van der Waals surface area (Å²) in [4.78, 5) is 18.9. The third kappa shape index (κ3) is 1.51. The molecule has 0 aromatic carbocycles. The Kier molecular flexibility index (Phi) is 2.03. The second-order valence-electron chi connectivity index (χ2n) is 3.76. The first-order valence-corrected chi connectivity index (χ1v) is 5.84. The van der Waals surface area contributed by atoms with Crippen LogP contribution in [0.25, 0.3) is 10.7 Å². The summed E-state index contributed by atoms with van der Waals surface area (Å²) in [5.41, 5.74) is 1.02. The van der Waals surface area contributed by atoms with Gasteiger partial charge in [-0.25, -0.2) is 14.8 Å². The summed E-state index contributed by atoms with van der Waals surface area (Å²) in [7, 11) is 0. The van der Waals surface area contributed by atoms with Gasteiger partial charge in [-0.15, -0.1) is 11.3 Å². The van der Waals surface area contributed by atoms with E-state index in [9.17, 15) is 4.79 Å². The molecule has 0 atom stereocenters. The topological polar surface area (TPSA) is 68.0 Å². The number of aromatic carboxylic acids is 1. The molecule has 16 heavy (non-hydrogen) atoms. The molecule has 6 heteroatoms. The fourth-order valence-electron chi connectivity index (χ4n) is 1.60. The van der Waals surface area contributed by atoms with E-state index in [0.717, 1.165) is 10.7 Å². The highest BCUT2D eigenvalue weighted by Gasteiger charge is 2.26. The lowest BCUT2D eigenvalue weighted by Crippen LogP contribution is -1.97. The van der Waals surface area contributed by atoms with Crippen molar-refractivity contribution in [1.82, 2.24) is 14.5 Å². The molecule has 1 N–H and O–H groups in total. The molecule has 2 heterocycles. The Morgan fingerprint density at radius 1 is 1.56 bits per heavy atom. The van der Waals surface area contributed by atoms with Gasteiger partial charge < -0.3 is 9.67 Å². The number of thiazole rings is 1. The van der Waals surface area contributed by atoms with Gasteiger partial charge in [-0.2, -0.15) is 0 Å². The number of carbonyl (C=O) groups is 1. The van der Waals surface area contributed by atoms with E-state index >= 15 is 0 Å². The van der Waals surface area contributed by atoms with Crippen LogP contribution < -0.4 is 0 Å². The summed E-state index contributed by atoms with van der Waals surface area (Å²) < 4.78 is 2.07. The van der Waals surface area contributed by atoms with Gasteiger partial charge in [0.05, 0.1) is 18.2 Å². The van der Waals surface area contributed by atoms with Gasteiger partial charge in [-0.3, -0.25) is 0 Å². The van der Waals surface area contributed by atoms with Crippen LogP contribution in [0.1, 0.15) is 29.4 Å². The largest absolute Gasteiger partial charge is 0.476 e. The van der Waals surface area contributed by atoms with E-state index in [0.29, 0.717) is 6.04 Å². The Morgan fingerprint density at radius 2 is 2.38 bits per heavy atom. The van der Waals surface area contributed by atoms with Crippen molar-refractivity contribution in [2.75, 3.05) is 0 Å². The number of imidazole rings is 1. The molecule has 0 spiro atoms. The standard InChI is InChI=1S/C10H9N3O2S/c14-10(15)7-4-16-9(12-7)8-3-11-5-13(8)6-1-2-6/h3-6H,1-2H2,(H,14,15). The van der Waals surface area contributed by atoms with Crippen LogP contribution in [0.4, 0.5) is 0 Å². The molecule has 5 nitrogen and oxygen atoms in total. The number of hydrogen-bond acceptors (Lipinski definition) is 4. The molecule has 0 aliphatic heterocycles. The van der Waals surface area contributed by atoms with Gasteiger partial charge in [-0.05, 0) is 12.8 Å². The van der Waals surface area contributed by atoms with Crippen molar-refractivity contribution in [2.45, 2.75) is 18.9 Å². The molecule has 1 aliphatic rings. The second-order valence-corrected chi connectivity index (χ2v) is 4.62. The normalized spacial score (nSPS) is 15.2. The molecule has 0 amide bonds. The molecule has 0 unspecified atom stereocenters. The average molecular weight is 235 g/mol. The molecule has 2 aromatic heterocycles. The first kappa shape index (κ1) is 9.53. The van der Waals surface area contributed by atoms with Crippen LogP contribution in [0, 0.1) is 0 Å². The second kappa shape index (κ2) is 3.41. The molecule has 1 aliphatic carbocycles. The van der Waals surface area contributed by atoms with Crippen molar-refractivity contribution >= 4 is 17.3 Å². The molecule has 1 fully saturated rings. The summed E-state index contributed by atoms with van der Waals surface area (Å²) in [6.07, 6.45) is 5.86. The lowest BCUT2D eigenvalue weighted by Gasteiger charge is -2.02. The predicted molar refractivity (Wildman–Crippen MR) is 58.6 cm³/mol. The van der Waals surface area contributed by atoms with Crippen molar-refractivity contribution in [3.63, 3.8) is 0 Å². The first-order valence-electron chi connectivity index (χ1n) is 4.97. The molecule has 0 radical (unpaired) electrons. The van der Waals surface area contributed by atoms with Crippen LogP contribution in [0.5, 0.6) is 0 Å². The highest BCUT2D eigenvalue weighted by atomic mass is 32.1. The summed E-state index contributed by atoms with van der Waals surface area (Å²) in [6.45, 7) is 0. The van der Waals surface area contributed by atoms with Crippen molar-refractivity contribution in [3.8, 4) is 10.7 Å². The average Bonchev–Trinajstić information content (AvgIpc) is 2.83. The van der Waals surface area contributed by atoms with Gasteiger partial charge in [0.25, 0.3) is 0 Å². The van der Waals surface area contributed by atoms with E-state index in [-0.39, 0.29) is 5.69 Å². The fourth-order valence-corrected chi connectivity index (χ4v) is 2.41. The lowest BCUT2D eigenvalue weighted by atomic mass is 10.4. The number of aromatic nitrogens is 3. The van der Waals surface area contributed by atoms with Crippen molar-refractivity contribution in [2.24, 2.45) is 0 Å². The predicted octanol–water partition coefficient (Wildman–Crippen LogP) is 2.04.